The average Bonchev–Trinajstić information content (AvgIpc) is 2.76. The Morgan fingerprint density at radius 2 is 1.67 bits per heavy atom. The second-order valence-electron chi connectivity index (χ2n) is 7.02. The SMILES string of the molecule is CC1Oc2ccc(NC(=O)CSC(c3ccccc3)c3ccccc3)cc2NC1=O. The molecule has 4 rings (SSSR count). The van der Waals surface area contributed by atoms with Crippen LogP contribution in [0.5, 0.6) is 5.75 Å². The number of rotatable bonds is 6. The third-order valence-corrected chi connectivity index (χ3v) is 6.09. The lowest BCUT2D eigenvalue weighted by atomic mass is 10.0. The number of hydrogen-bond donors (Lipinski definition) is 2. The van der Waals surface area contributed by atoms with Crippen LogP contribution in [0.15, 0.2) is 78.9 Å². The molecule has 1 atom stereocenters. The van der Waals surface area contributed by atoms with Gasteiger partial charge in [-0.3, -0.25) is 9.59 Å². The van der Waals surface area contributed by atoms with Crippen LogP contribution in [0.2, 0.25) is 0 Å². The summed E-state index contributed by atoms with van der Waals surface area (Å²) in [6.07, 6.45) is -0.526. The van der Waals surface area contributed by atoms with E-state index in [0.29, 0.717) is 22.9 Å². The quantitative estimate of drug-likeness (QED) is 0.599. The number of benzene rings is 3. The Hall–Kier alpha value is -3.25. The Balaban J connectivity index is 1.43. The highest BCUT2D eigenvalue weighted by atomic mass is 32.2. The molecule has 3 aromatic carbocycles. The highest BCUT2D eigenvalue weighted by molar-refractivity contribution is 8.00. The maximum atomic E-state index is 12.6. The van der Waals surface area contributed by atoms with Gasteiger partial charge in [0, 0.05) is 5.69 Å². The number of carbonyl (C=O) groups excluding carboxylic acids is 2. The van der Waals surface area contributed by atoms with Gasteiger partial charge in [-0.25, -0.2) is 0 Å². The van der Waals surface area contributed by atoms with Crippen molar-refractivity contribution < 1.29 is 14.3 Å². The number of anilines is 2. The number of amides is 2. The summed E-state index contributed by atoms with van der Waals surface area (Å²) in [5.41, 5.74) is 3.50. The maximum Gasteiger partial charge on any atom is 0.265 e. The fourth-order valence-electron chi connectivity index (χ4n) is 3.28. The molecule has 0 bridgehead atoms. The van der Waals surface area contributed by atoms with Gasteiger partial charge in [-0.1, -0.05) is 60.7 Å². The molecule has 2 N–H and O–H groups in total. The number of fused-ring (bicyclic) bond motifs is 1. The van der Waals surface area contributed by atoms with Gasteiger partial charge in [-0.15, -0.1) is 11.8 Å². The van der Waals surface area contributed by atoms with Crippen LogP contribution in [-0.4, -0.2) is 23.7 Å². The van der Waals surface area contributed by atoms with Crippen molar-refractivity contribution in [2.24, 2.45) is 0 Å². The van der Waals surface area contributed by atoms with E-state index >= 15 is 0 Å². The second kappa shape index (κ2) is 9.05. The number of ether oxygens (including phenoxy) is 1. The molecule has 0 saturated carbocycles. The van der Waals surface area contributed by atoms with E-state index in [2.05, 4.69) is 34.9 Å². The van der Waals surface area contributed by atoms with E-state index in [4.69, 9.17) is 4.74 Å². The maximum absolute atomic E-state index is 12.6. The van der Waals surface area contributed by atoms with Crippen molar-refractivity contribution in [3.8, 4) is 5.75 Å². The molecule has 0 saturated heterocycles. The standard InChI is InChI=1S/C24H22N2O3S/c1-16-24(28)26-20-14-19(12-13-21(20)29-16)25-22(27)15-30-23(17-8-4-2-5-9-17)18-10-6-3-7-11-18/h2-14,16,23H,15H2,1H3,(H,25,27)(H,26,28). The first-order valence-electron chi connectivity index (χ1n) is 9.73. The minimum absolute atomic E-state index is 0.0656. The number of hydrogen-bond acceptors (Lipinski definition) is 4. The first kappa shape index (κ1) is 20.0. The van der Waals surface area contributed by atoms with Gasteiger partial charge in [-0.05, 0) is 36.2 Å². The van der Waals surface area contributed by atoms with Crippen molar-refractivity contribution in [3.05, 3.63) is 90.0 Å². The van der Waals surface area contributed by atoms with Gasteiger partial charge in [0.2, 0.25) is 5.91 Å². The van der Waals surface area contributed by atoms with Gasteiger partial charge in [0.15, 0.2) is 6.10 Å². The molecular formula is C24H22N2O3S. The van der Waals surface area contributed by atoms with Crippen LogP contribution in [0.3, 0.4) is 0 Å². The van der Waals surface area contributed by atoms with Crippen LogP contribution in [0.1, 0.15) is 23.3 Å². The lowest BCUT2D eigenvalue weighted by Gasteiger charge is -2.23. The van der Waals surface area contributed by atoms with Gasteiger partial charge < -0.3 is 15.4 Å². The van der Waals surface area contributed by atoms with Crippen LogP contribution in [-0.2, 0) is 9.59 Å². The Labute approximate surface area is 179 Å². The Morgan fingerprint density at radius 3 is 2.30 bits per heavy atom. The lowest BCUT2D eigenvalue weighted by Crippen LogP contribution is -2.34. The van der Waals surface area contributed by atoms with E-state index in [0.717, 1.165) is 11.1 Å². The number of nitrogens with one attached hydrogen (secondary N) is 2. The van der Waals surface area contributed by atoms with Crippen LogP contribution in [0, 0.1) is 0 Å². The largest absolute Gasteiger partial charge is 0.479 e. The fraction of sp³-hybridized carbons (Fsp3) is 0.167. The van der Waals surface area contributed by atoms with Crippen LogP contribution >= 0.6 is 11.8 Å². The van der Waals surface area contributed by atoms with Crippen LogP contribution in [0.25, 0.3) is 0 Å². The van der Waals surface area contributed by atoms with Gasteiger partial charge in [0.05, 0.1) is 16.7 Å². The Bertz CT molecular complexity index is 1000. The van der Waals surface area contributed by atoms with Crippen molar-refractivity contribution in [1.29, 1.82) is 0 Å². The molecule has 0 fully saturated rings. The van der Waals surface area contributed by atoms with E-state index in [-0.39, 0.29) is 17.1 Å². The van der Waals surface area contributed by atoms with Crippen LogP contribution in [0.4, 0.5) is 11.4 Å². The van der Waals surface area contributed by atoms with Gasteiger partial charge in [0.25, 0.3) is 5.91 Å². The van der Waals surface area contributed by atoms with Crippen molar-refractivity contribution in [2.75, 3.05) is 16.4 Å². The third kappa shape index (κ3) is 4.66. The van der Waals surface area contributed by atoms with Crippen molar-refractivity contribution in [2.45, 2.75) is 18.3 Å². The van der Waals surface area contributed by atoms with E-state index in [1.54, 1.807) is 36.9 Å². The molecule has 0 radical (unpaired) electrons. The van der Waals surface area contributed by atoms with E-state index in [9.17, 15) is 9.59 Å². The van der Waals surface area contributed by atoms with Crippen molar-refractivity contribution >= 4 is 35.0 Å². The van der Waals surface area contributed by atoms with E-state index < -0.39 is 6.10 Å². The summed E-state index contributed by atoms with van der Waals surface area (Å²) in [6.45, 7) is 1.70. The minimum Gasteiger partial charge on any atom is -0.479 e. The highest BCUT2D eigenvalue weighted by Gasteiger charge is 2.24. The summed E-state index contributed by atoms with van der Waals surface area (Å²) in [5.74, 6) is 0.594. The normalized spacial score (nSPS) is 15.1. The average molecular weight is 419 g/mol. The predicted molar refractivity (Wildman–Crippen MR) is 121 cm³/mol. The molecule has 1 unspecified atom stereocenters. The molecule has 152 valence electrons. The zero-order valence-corrected chi connectivity index (χ0v) is 17.3. The molecule has 30 heavy (non-hydrogen) atoms. The molecule has 5 nitrogen and oxygen atoms in total. The monoisotopic (exact) mass is 418 g/mol. The minimum atomic E-state index is -0.526. The molecular weight excluding hydrogens is 396 g/mol. The number of thioether (sulfide) groups is 1. The Morgan fingerprint density at radius 1 is 1.03 bits per heavy atom. The first-order chi connectivity index (χ1) is 14.6. The van der Waals surface area contributed by atoms with E-state index in [1.807, 2.05) is 36.4 Å². The second-order valence-corrected chi connectivity index (χ2v) is 8.11. The van der Waals surface area contributed by atoms with Gasteiger partial charge in [0.1, 0.15) is 5.75 Å². The molecule has 0 aromatic heterocycles. The topological polar surface area (TPSA) is 67.4 Å². The smallest absolute Gasteiger partial charge is 0.265 e. The third-order valence-electron chi connectivity index (χ3n) is 4.78. The summed E-state index contributed by atoms with van der Waals surface area (Å²) in [4.78, 5) is 24.4. The summed E-state index contributed by atoms with van der Waals surface area (Å²) >= 11 is 1.58. The summed E-state index contributed by atoms with van der Waals surface area (Å²) < 4.78 is 5.55. The predicted octanol–water partition coefficient (Wildman–Crippen LogP) is 4.87. The first-order valence-corrected chi connectivity index (χ1v) is 10.8. The Kier molecular flexibility index (Phi) is 6.05. The molecule has 1 aliphatic rings. The van der Waals surface area contributed by atoms with Gasteiger partial charge >= 0.3 is 0 Å². The fourth-order valence-corrected chi connectivity index (χ4v) is 4.37. The van der Waals surface area contributed by atoms with Crippen molar-refractivity contribution in [3.63, 3.8) is 0 Å². The zero-order valence-electron chi connectivity index (χ0n) is 16.5. The molecule has 3 aromatic rings. The summed E-state index contributed by atoms with van der Waals surface area (Å²) in [7, 11) is 0. The highest BCUT2D eigenvalue weighted by Crippen LogP contribution is 2.36. The van der Waals surface area contributed by atoms with Crippen LogP contribution < -0.4 is 15.4 Å². The molecule has 1 aliphatic heterocycles. The molecule has 0 aliphatic carbocycles. The summed E-state index contributed by atoms with van der Waals surface area (Å²) in [6, 6.07) is 25.6. The zero-order chi connectivity index (χ0) is 20.9. The molecule has 6 heteroatoms. The molecule has 1 heterocycles. The van der Waals surface area contributed by atoms with Crippen molar-refractivity contribution in [1.82, 2.24) is 0 Å². The van der Waals surface area contributed by atoms with Gasteiger partial charge in [-0.2, -0.15) is 0 Å². The van der Waals surface area contributed by atoms with E-state index in [1.165, 1.54) is 0 Å². The lowest BCUT2D eigenvalue weighted by molar-refractivity contribution is -0.122. The molecule has 2 amide bonds. The summed E-state index contributed by atoms with van der Waals surface area (Å²) in [5, 5.41) is 5.77. The number of carbonyl (C=O) groups is 2. The molecule has 0 spiro atoms.